The Morgan fingerprint density at radius 2 is 1.92 bits per heavy atom. The van der Waals surface area contributed by atoms with Gasteiger partial charge in [-0.05, 0) is 33.2 Å². The molecule has 0 aromatic heterocycles. The molecule has 0 aromatic carbocycles. The standard InChI is InChI=1S/C6H14FN.C2H4O2/c1-6(2,7)4-3-5-8;1-2(3)4/h3-5,8H2,1-2H3;1H3,(H,3,4). The van der Waals surface area contributed by atoms with Gasteiger partial charge in [-0.15, -0.1) is 0 Å². The molecule has 12 heavy (non-hydrogen) atoms. The number of aliphatic carboxylic acids is 1. The topological polar surface area (TPSA) is 63.3 Å². The SMILES string of the molecule is CC(=O)O.CC(C)(F)CCCN. The molecule has 0 fully saturated rings. The number of alkyl halides is 1. The molecule has 0 saturated heterocycles. The van der Waals surface area contributed by atoms with Crippen LogP contribution in [0.5, 0.6) is 0 Å². The van der Waals surface area contributed by atoms with Crippen LogP contribution in [0.25, 0.3) is 0 Å². The van der Waals surface area contributed by atoms with Crippen LogP contribution in [0.3, 0.4) is 0 Å². The molecule has 0 aromatic rings. The van der Waals surface area contributed by atoms with Crippen molar-refractivity contribution in [3.63, 3.8) is 0 Å². The highest BCUT2D eigenvalue weighted by atomic mass is 19.1. The van der Waals surface area contributed by atoms with Crippen molar-refractivity contribution in [1.82, 2.24) is 0 Å². The zero-order valence-corrected chi connectivity index (χ0v) is 7.93. The fourth-order valence-corrected chi connectivity index (χ4v) is 0.522. The molecule has 3 nitrogen and oxygen atoms in total. The van der Waals surface area contributed by atoms with Crippen LogP contribution in [0.2, 0.25) is 0 Å². The highest BCUT2D eigenvalue weighted by Gasteiger charge is 2.12. The van der Waals surface area contributed by atoms with E-state index in [0.29, 0.717) is 13.0 Å². The zero-order chi connectivity index (χ0) is 10.2. The number of nitrogens with two attached hydrogens (primary N) is 1. The number of carboxylic acid groups (broad SMARTS) is 1. The van der Waals surface area contributed by atoms with Gasteiger partial charge in [-0.3, -0.25) is 4.79 Å². The van der Waals surface area contributed by atoms with Gasteiger partial charge in [-0.1, -0.05) is 0 Å². The lowest BCUT2D eigenvalue weighted by molar-refractivity contribution is -0.134. The fraction of sp³-hybridized carbons (Fsp3) is 0.875. The molecular formula is C8H18FNO2. The van der Waals surface area contributed by atoms with Crippen LogP contribution >= 0.6 is 0 Å². The molecule has 0 radical (unpaired) electrons. The van der Waals surface area contributed by atoms with E-state index in [9.17, 15) is 4.39 Å². The van der Waals surface area contributed by atoms with Gasteiger partial charge >= 0.3 is 0 Å². The Hall–Kier alpha value is -0.640. The van der Waals surface area contributed by atoms with Crippen LogP contribution in [0, 0.1) is 0 Å². The van der Waals surface area contributed by atoms with Gasteiger partial charge in [-0.25, -0.2) is 4.39 Å². The Bertz CT molecular complexity index is 117. The maximum Gasteiger partial charge on any atom is 0.300 e. The fourth-order valence-electron chi connectivity index (χ4n) is 0.522. The lowest BCUT2D eigenvalue weighted by Crippen LogP contribution is -2.13. The van der Waals surface area contributed by atoms with Crippen LogP contribution in [0.15, 0.2) is 0 Å². The number of carbonyl (C=O) groups is 1. The Kier molecular flexibility index (Phi) is 8.16. The summed E-state index contributed by atoms with van der Waals surface area (Å²) >= 11 is 0. The summed E-state index contributed by atoms with van der Waals surface area (Å²) in [4.78, 5) is 9.00. The van der Waals surface area contributed by atoms with Crippen molar-refractivity contribution in [2.75, 3.05) is 6.54 Å². The van der Waals surface area contributed by atoms with Gasteiger partial charge in [0.15, 0.2) is 0 Å². The molecule has 0 bridgehead atoms. The number of hydrogen-bond acceptors (Lipinski definition) is 2. The minimum absolute atomic E-state index is 0.573. The van der Waals surface area contributed by atoms with Gasteiger partial charge in [0, 0.05) is 6.92 Å². The van der Waals surface area contributed by atoms with Gasteiger partial charge in [0.1, 0.15) is 5.67 Å². The first-order chi connectivity index (χ1) is 5.29. The van der Waals surface area contributed by atoms with Gasteiger partial charge in [-0.2, -0.15) is 0 Å². The van der Waals surface area contributed by atoms with Gasteiger partial charge in [0.05, 0.1) is 0 Å². The molecule has 0 aliphatic carbocycles. The molecule has 0 spiro atoms. The summed E-state index contributed by atoms with van der Waals surface area (Å²) < 4.78 is 12.5. The Balaban J connectivity index is 0. The average Bonchev–Trinajstić information content (AvgIpc) is 1.80. The van der Waals surface area contributed by atoms with Crippen LogP contribution in [0.1, 0.15) is 33.6 Å². The smallest absolute Gasteiger partial charge is 0.300 e. The molecule has 0 aliphatic heterocycles. The number of hydrogen-bond donors (Lipinski definition) is 2. The predicted molar refractivity (Wildman–Crippen MR) is 46.8 cm³/mol. The van der Waals surface area contributed by atoms with Crippen molar-refractivity contribution >= 4 is 5.97 Å². The van der Waals surface area contributed by atoms with Crippen molar-refractivity contribution in [1.29, 1.82) is 0 Å². The van der Waals surface area contributed by atoms with Gasteiger partial charge < -0.3 is 10.8 Å². The maximum absolute atomic E-state index is 12.5. The van der Waals surface area contributed by atoms with Crippen molar-refractivity contribution in [3.8, 4) is 0 Å². The van der Waals surface area contributed by atoms with E-state index in [1.807, 2.05) is 0 Å². The largest absolute Gasteiger partial charge is 0.481 e. The normalized spacial score (nSPS) is 10.1. The molecule has 0 amide bonds. The lowest BCUT2D eigenvalue weighted by Gasteiger charge is -2.11. The summed E-state index contributed by atoms with van der Waals surface area (Å²) in [6.07, 6.45) is 1.35. The van der Waals surface area contributed by atoms with E-state index in [2.05, 4.69) is 0 Å². The summed E-state index contributed by atoms with van der Waals surface area (Å²) in [5.74, 6) is -0.833. The van der Waals surface area contributed by atoms with E-state index in [-0.39, 0.29) is 0 Å². The Labute approximate surface area is 72.8 Å². The maximum atomic E-state index is 12.5. The highest BCUT2D eigenvalue weighted by molar-refractivity contribution is 5.62. The second-order valence-electron chi connectivity index (χ2n) is 3.13. The summed E-state index contributed by atoms with van der Waals surface area (Å²) in [7, 11) is 0. The van der Waals surface area contributed by atoms with Crippen LogP contribution in [0.4, 0.5) is 4.39 Å². The van der Waals surface area contributed by atoms with E-state index in [4.69, 9.17) is 15.6 Å². The number of carboxylic acids is 1. The first-order valence-corrected chi connectivity index (χ1v) is 3.88. The van der Waals surface area contributed by atoms with Crippen LogP contribution in [-0.4, -0.2) is 23.3 Å². The molecule has 74 valence electrons. The van der Waals surface area contributed by atoms with E-state index in [1.54, 1.807) is 13.8 Å². The Morgan fingerprint density at radius 1 is 1.58 bits per heavy atom. The molecular weight excluding hydrogens is 161 g/mol. The summed E-state index contributed by atoms with van der Waals surface area (Å²) in [6, 6.07) is 0. The number of rotatable bonds is 3. The molecule has 0 unspecified atom stereocenters. The van der Waals surface area contributed by atoms with Crippen molar-refractivity contribution in [3.05, 3.63) is 0 Å². The molecule has 4 heteroatoms. The van der Waals surface area contributed by atoms with Crippen LogP contribution < -0.4 is 5.73 Å². The quantitative estimate of drug-likeness (QED) is 0.691. The molecule has 0 atom stereocenters. The monoisotopic (exact) mass is 179 g/mol. The second-order valence-corrected chi connectivity index (χ2v) is 3.13. The minimum Gasteiger partial charge on any atom is -0.481 e. The minimum atomic E-state index is -1.03. The molecule has 0 saturated carbocycles. The van der Waals surface area contributed by atoms with Crippen molar-refractivity contribution in [2.24, 2.45) is 5.73 Å². The van der Waals surface area contributed by atoms with E-state index in [0.717, 1.165) is 13.3 Å². The third-order valence-electron chi connectivity index (χ3n) is 0.975. The summed E-state index contributed by atoms with van der Waals surface area (Å²) in [5.41, 5.74) is 4.14. The molecule has 0 rings (SSSR count). The van der Waals surface area contributed by atoms with Crippen molar-refractivity contribution in [2.45, 2.75) is 39.3 Å². The molecule has 3 N–H and O–H groups in total. The summed E-state index contributed by atoms with van der Waals surface area (Å²) in [5, 5.41) is 7.42. The van der Waals surface area contributed by atoms with Gasteiger partial charge in [0.2, 0.25) is 0 Å². The van der Waals surface area contributed by atoms with E-state index >= 15 is 0 Å². The first kappa shape index (κ1) is 13.9. The zero-order valence-electron chi connectivity index (χ0n) is 7.93. The number of halogens is 1. The van der Waals surface area contributed by atoms with E-state index < -0.39 is 11.6 Å². The highest BCUT2D eigenvalue weighted by Crippen LogP contribution is 2.14. The first-order valence-electron chi connectivity index (χ1n) is 3.88. The summed E-state index contributed by atoms with van der Waals surface area (Å²) in [6.45, 7) is 4.82. The van der Waals surface area contributed by atoms with Crippen LogP contribution in [-0.2, 0) is 4.79 Å². The molecule has 0 heterocycles. The third-order valence-corrected chi connectivity index (χ3v) is 0.975. The van der Waals surface area contributed by atoms with E-state index in [1.165, 1.54) is 0 Å². The Morgan fingerprint density at radius 3 is 2.00 bits per heavy atom. The molecule has 0 aliphatic rings. The van der Waals surface area contributed by atoms with Crippen molar-refractivity contribution < 1.29 is 14.3 Å². The average molecular weight is 179 g/mol. The van der Waals surface area contributed by atoms with Gasteiger partial charge in [0.25, 0.3) is 5.97 Å². The third kappa shape index (κ3) is 34.4. The predicted octanol–water partition coefficient (Wildman–Crippen LogP) is 1.56. The second kappa shape index (κ2) is 7.03. The lowest BCUT2D eigenvalue weighted by atomic mass is 10.1.